The van der Waals surface area contributed by atoms with Crippen LogP contribution in [-0.2, 0) is 0 Å². The van der Waals surface area contributed by atoms with E-state index in [2.05, 4.69) is 55.8 Å². The van der Waals surface area contributed by atoms with Gasteiger partial charge in [0.25, 0.3) is 0 Å². The Bertz CT molecular complexity index is 471. The van der Waals surface area contributed by atoms with Crippen molar-refractivity contribution in [3.63, 3.8) is 0 Å². The molecule has 2 N–H and O–H groups in total. The molecule has 2 aliphatic carbocycles. The Morgan fingerprint density at radius 2 is 2.00 bits per heavy atom. The van der Waals surface area contributed by atoms with Crippen molar-refractivity contribution in [3.05, 3.63) is 34.3 Å². The maximum absolute atomic E-state index is 4.30. The second-order valence-corrected chi connectivity index (χ2v) is 6.46. The molecule has 2 aliphatic rings. The Kier molecular flexibility index (Phi) is 5.72. The van der Waals surface area contributed by atoms with Crippen molar-refractivity contribution in [2.75, 3.05) is 13.6 Å². The summed E-state index contributed by atoms with van der Waals surface area (Å²) in [4.78, 5) is 4.30. The first-order valence-electron chi connectivity index (χ1n) is 6.99. The molecule has 0 radical (unpaired) electrons. The lowest BCUT2D eigenvalue weighted by atomic mass is 10.1. The minimum Gasteiger partial charge on any atom is -0.356 e. The number of halogens is 2. The van der Waals surface area contributed by atoms with Gasteiger partial charge in [0, 0.05) is 30.0 Å². The molecule has 0 heterocycles. The molecule has 2 saturated carbocycles. The Morgan fingerprint density at radius 3 is 2.60 bits per heavy atom. The molecule has 2 unspecified atom stereocenters. The summed E-state index contributed by atoms with van der Waals surface area (Å²) in [5, 5.41) is 6.93. The monoisotopic (exact) mass is 449 g/mol. The van der Waals surface area contributed by atoms with Gasteiger partial charge in [-0.2, -0.15) is 0 Å². The van der Waals surface area contributed by atoms with Crippen LogP contribution in [0.1, 0.15) is 30.7 Å². The summed E-state index contributed by atoms with van der Waals surface area (Å²) in [6.07, 6.45) is 3.94. The van der Waals surface area contributed by atoms with Crippen molar-refractivity contribution in [2.24, 2.45) is 10.9 Å². The molecule has 0 aliphatic heterocycles. The average molecular weight is 450 g/mol. The largest absolute Gasteiger partial charge is 0.356 e. The summed E-state index contributed by atoms with van der Waals surface area (Å²) in [5.74, 6) is 2.46. The van der Waals surface area contributed by atoms with Gasteiger partial charge < -0.3 is 10.6 Å². The minimum atomic E-state index is 0. The van der Waals surface area contributed by atoms with Gasteiger partial charge in [0.05, 0.1) is 0 Å². The van der Waals surface area contributed by atoms with Gasteiger partial charge in [-0.15, -0.1) is 24.0 Å². The molecule has 110 valence electrons. The van der Waals surface area contributed by atoms with Crippen LogP contribution in [-0.4, -0.2) is 25.6 Å². The van der Waals surface area contributed by atoms with Gasteiger partial charge in [-0.25, -0.2) is 0 Å². The number of nitrogens with one attached hydrogen (secondary N) is 2. The zero-order chi connectivity index (χ0) is 13.2. The highest BCUT2D eigenvalue weighted by Gasteiger charge is 2.39. The van der Waals surface area contributed by atoms with Crippen molar-refractivity contribution in [3.8, 4) is 0 Å². The van der Waals surface area contributed by atoms with Gasteiger partial charge in [0.15, 0.2) is 5.96 Å². The van der Waals surface area contributed by atoms with E-state index in [1.54, 1.807) is 0 Å². The molecular formula is C15H21BrIN3. The Balaban J connectivity index is 0.00000147. The highest BCUT2D eigenvalue weighted by molar-refractivity contribution is 14.0. The van der Waals surface area contributed by atoms with Crippen LogP contribution in [0.4, 0.5) is 0 Å². The van der Waals surface area contributed by atoms with Crippen molar-refractivity contribution < 1.29 is 0 Å². The number of nitrogens with zero attached hydrogens (tertiary/aromatic N) is 1. The van der Waals surface area contributed by atoms with Gasteiger partial charge in [-0.05, 0) is 42.9 Å². The lowest BCUT2D eigenvalue weighted by molar-refractivity contribution is 0.731. The standard InChI is InChI=1S/C15H20BrN3.HI/c1-17-15(18-9-10-2-3-10)19-14-8-13(14)11-4-6-12(16)7-5-11;/h4-7,10,13-14H,2-3,8-9H2,1H3,(H2,17,18,19);1H. The van der Waals surface area contributed by atoms with E-state index in [1.807, 2.05) is 7.05 Å². The van der Waals surface area contributed by atoms with Crippen LogP contribution < -0.4 is 10.6 Å². The van der Waals surface area contributed by atoms with E-state index in [9.17, 15) is 0 Å². The van der Waals surface area contributed by atoms with E-state index in [4.69, 9.17) is 0 Å². The zero-order valence-electron chi connectivity index (χ0n) is 11.6. The third kappa shape index (κ3) is 4.35. The van der Waals surface area contributed by atoms with E-state index < -0.39 is 0 Å². The summed E-state index contributed by atoms with van der Waals surface area (Å²) in [5.41, 5.74) is 1.42. The summed E-state index contributed by atoms with van der Waals surface area (Å²) in [6.45, 7) is 1.06. The average Bonchev–Trinajstić information content (AvgIpc) is 3.31. The van der Waals surface area contributed by atoms with Gasteiger partial charge in [0.2, 0.25) is 0 Å². The molecule has 3 nitrogen and oxygen atoms in total. The molecule has 20 heavy (non-hydrogen) atoms. The quantitative estimate of drug-likeness (QED) is 0.419. The molecule has 2 fully saturated rings. The van der Waals surface area contributed by atoms with Crippen LogP contribution in [0.5, 0.6) is 0 Å². The highest BCUT2D eigenvalue weighted by atomic mass is 127. The lowest BCUT2D eigenvalue weighted by Gasteiger charge is -2.11. The molecule has 0 saturated heterocycles. The fraction of sp³-hybridized carbons (Fsp3) is 0.533. The van der Waals surface area contributed by atoms with Gasteiger partial charge in [0.1, 0.15) is 0 Å². The zero-order valence-corrected chi connectivity index (χ0v) is 15.5. The molecule has 1 aromatic rings. The number of hydrogen-bond donors (Lipinski definition) is 2. The third-order valence-corrected chi connectivity index (χ3v) is 4.42. The third-order valence-electron chi connectivity index (χ3n) is 3.89. The molecule has 0 amide bonds. The normalized spacial score (nSPS) is 24.8. The molecule has 1 aromatic carbocycles. The summed E-state index contributed by atoms with van der Waals surface area (Å²) >= 11 is 3.48. The molecule has 0 aromatic heterocycles. The first-order valence-corrected chi connectivity index (χ1v) is 7.78. The molecular weight excluding hydrogens is 429 g/mol. The van der Waals surface area contributed by atoms with E-state index in [0.717, 1.165) is 22.9 Å². The maximum atomic E-state index is 4.30. The van der Waals surface area contributed by atoms with Crippen LogP contribution >= 0.6 is 39.9 Å². The second-order valence-electron chi connectivity index (χ2n) is 5.54. The molecule has 0 spiro atoms. The van der Waals surface area contributed by atoms with E-state index in [0.29, 0.717) is 12.0 Å². The molecule has 3 rings (SSSR count). The highest BCUT2D eigenvalue weighted by Crippen LogP contribution is 2.41. The van der Waals surface area contributed by atoms with Gasteiger partial charge >= 0.3 is 0 Å². The van der Waals surface area contributed by atoms with Crippen LogP contribution in [0, 0.1) is 5.92 Å². The van der Waals surface area contributed by atoms with Gasteiger partial charge in [-0.1, -0.05) is 28.1 Å². The number of hydrogen-bond acceptors (Lipinski definition) is 1. The first-order chi connectivity index (χ1) is 9.26. The Hall–Kier alpha value is -0.300. The van der Waals surface area contributed by atoms with E-state index in [-0.39, 0.29) is 24.0 Å². The van der Waals surface area contributed by atoms with E-state index in [1.165, 1.54) is 24.8 Å². The topological polar surface area (TPSA) is 36.4 Å². The predicted molar refractivity (Wildman–Crippen MR) is 97.9 cm³/mol. The minimum absolute atomic E-state index is 0. The maximum Gasteiger partial charge on any atom is 0.191 e. The van der Waals surface area contributed by atoms with Crippen molar-refractivity contribution >= 4 is 45.9 Å². The Morgan fingerprint density at radius 1 is 1.30 bits per heavy atom. The molecule has 2 atom stereocenters. The SMILES string of the molecule is CN=C(NCC1CC1)NC1CC1c1ccc(Br)cc1.I. The predicted octanol–water partition coefficient (Wildman–Crippen LogP) is 3.50. The number of aliphatic imine (C=N–C) groups is 1. The van der Waals surface area contributed by atoms with Crippen LogP contribution in [0.15, 0.2) is 33.7 Å². The second kappa shape index (κ2) is 7.11. The smallest absolute Gasteiger partial charge is 0.191 e. The fourth-order valence-electron chi connectivity index (χ4n) is 2.37. The van der Waals surface area contributed by atoms with Crippen LogP contribution in [0.25, 0.3) is 0 Å². The van der Waals surface area contributed by atoms with Crippen molar-refractivity contribution in [1.29, 1.82) is 0 Å². The van der Waals surface area contributed by atoms with Crippen molar-refractivity contribution in [1.82, 2.24) is 10.6 Å². The lowest BCUT2D eigenvalue weighted by Crippen LogP contribution is -2.39. The summed E-state index contributed by atoms with van der Waals surface area (Å²) in [6, 6.07) is 9.18. The van der Waals surface area contributed by atoms with E-state index >= 15 is 0 Å². The summed E-state index contributed by atoms with van der Waals surface area (Å²) < 4.78 is 1.14. The fourth-order valence-corrected chi connectivity index (χ4v) is 2.63. The van der Waals surface area contributed by atoms with Crippen LogP contribution in [0.3, 0.4) is 0 Å². The summed E-state index contributed by atoms with van der Waals surface area (Å²) in [7, 11) is 1.85. The Labute approximate surface area is 146 Å². The van der Waals surface area contributed by atoms with Crippen LogP contribution in [0.2, 0.25) is 0 Å². The molecule has 0 bridgehead atoms. The number of guanidine groups is 1. The van der Waals surface area contributed by atoms with Gasteiger partial charge in [-0.3, -0.25) is 4.99 Å². The number of benzene rings is 1. The number of rotatable bonds is 4. The first kappa shape index (κ1) is 16.1. The molecule has 5 heteroatoms. The van der Waals surface area contributed by atoms with Crippen molar-refractivity contribution in [2.45, 2.75) is 31.2 Å².